The molecule has 0 N–H and O–H groups in total. The molecule has 18 heavy (non-hydrogen) atoms. The Balaban J connectivity index is 2.25. The molecule has 0 spiro atoms. The number of pyridine rings is 1. The Morgan fingerprint density at radius 1 is 1.44 bits per heavy atom. The Bertz CT molecular complexity index is 438. The van der Waals surface area contributed by atoms with Crippen LogP contribution in [0.3, 0.4) is 0 Å². The molecule has 0 saturated carbocycles. The molecule has 1 saturated heterocycles. The van der Waals surface area contributed by atoms with Crippen molar-refractivity contribution >= 4 is 5.82 Å². The highest BCUT2D eigenvalue weighted by Crippen LogP contribution is 2.20. The molecule has 1 aliphatic rings. The standard InChI is InChI=1S/C14H20N4/c1-3-13-11-17(2)8-5-9-18(13)14-7-4-6-12(10-15)16-14/h4,6-7,13H,3,5,8-9,11H2,1-2H3. The number of nitrogens with zero attached hydrogens (tertiary/aromatic N) is 4. The van der Waals surface area contributed by atoms with Crippen LogP contribution in [0.15, 0.2) is 18.2 Å². The van der Waals surface area contributed by atoms with Crippen LogP contribution in [-0.4, -0.2) is 42.6 Å². The molecular weight excluding hydrogens is 224 g/mol. The monoisotopic (exact) mass is 244 g/mol. The Kier molecular flexibility index (Phi) is 4.16. The first-order valence-electron chi connectivity index (χ1n) is 6.57. The van der Waals surface area contributed by atoms with Crippen molar-refractivity contribution in [3.63, 3.8) is 0 Å². The van der Waals surface area contributed by atoms with Crippen LogP contribution in [0.1, 0.15) is 25.5 Å². The summed E-state index contributed by atoms with van der Waals surface area (Å²) in [7, 11) is 2.17. The lowest BCUT2D eigenvalue weighted by molar-refractivity contribution is 0.327. The molecule has 0 aromatic carbocycles. The molecule has 1 aromatic rings. The quantitative estimate of drug-likeness (QED) is 0.796. The van der Waals surface area contributed by atoms with E-state index < -0.39 is 0 Å². The van der Waals surface area contributed by atoms with E-state index in [1.807, 2.05) is 12.1 Å². The van der Waals surface area contributed by atoms with Gasteiger partial charge in [0.05, 0.1) is 0 Å². The minimum atomic E-state index is 0.485. The van der Waals surface area contributed by atoms with E-state index in [9.17, 15) is 0 Å². The summed E-state index contributed by atoms with van der Waals surface area (Å²) >= 11 is 0. The van der Waals surface area contributed by atoms with Crippen LogP contribution in [0.4, 0.5) is 5.82 Å². The predicted molar refractivity (Wildman–Crippen MR) is 72.5 cm³/mol. The van der Waals surface area contributed by atoms with Gasteiger partial charge in [-0.25, -0.2) is 4.98 Å². The fraction of sp³-hybridized carbons (Fsp3) is 0.571. The Morgan fingerprint density at radius 2 is 2.28 bits per heavy atom. The lowest BCUT2D eigenvalue weighted by Gasteiger charge is -2.31. The van der Waals surface area contributed by atoms with Crippen LogP contribution in [-0.2, 0) is 0 Å². The molecule has 4 nitrogen and oxygen atoms in total. The molecule has 0 aliphatic carbocycles. The van der Waals surface area contributed by atoms with E-state index in [-0.39, 0.29) is 0 Å². The van der Waals surface area contributed by atoms with Crippen molar-refractivity contribution in [2.24, 2.45) is 0 Å². The zero-order valence-electron chi connectivity index (χ0n) is 11.1. The Hall–Kier alpha value is -1.60. The third-order valence-electron chi connectivity index (χ3n) is 3.52. The average molecular weight is 244 g/mol. The average Bonchev–Trinajstić information content (AvgIpc) is 2.60. The van der Waals surface area contributed by atoms with Crippen LogP contribution in [0.25, 0.3) is 0 Å². The molecule has 1 aromatic heterocycles. The Morgan fingerprint density at radius 3 is 3.00 bits per heavy atom. The smallest absolute Gasteiger partial charge is 0.142 e. The zero-order valence-corrected chi connectivity index (χ0v) is 11.1. The number of rotatable bonds is 2. The van der Waals surface area contributed by atoms with Crippen molar-refractivity contribution in [2.75, 3.05) is 31.6 Å². The van der Waals surface area contributed by atoms with Gasteiger partial charge in [-0.15, -0.1) is 0 Å². The van der Waals surface area contributed by atoms with E-state index in [0.717, 1.165) is 38.3 Å². The van der Waals surface area contributed by atoms with E-state index in [1.165, 1.54) is 0 Å². The summed E-state index contributed by atoms with van der Waals surface area (Å²) in [5, 5.41) is 8.94. The second kappa shape index (κ2) is 5.83. The maximum Gasteiger partial charge on any atom is 0.142 e. The molecule has 1 unspecified atom stereocenters. The van der Waals surface area contributed by atoms with Gasteiger partial charge in [-0.3, -0.25) is 0 Å². The van der Waals surface area contributed by atoms with E-state index in [4.69, 9.17) is 5.26 Å². The maximum atomic E-state index is 8.94. The van der Waals surface area contributed by atoms with Gasteiger partial charge in [-0.05, 0) is 38.6 Å². The summed E-state index contributed by atoms with van der Waals surface area (Å²) < 4.78 is 0. The van der Waals surface area contributed by atoms with Gasteiger partial charge in [0, 0.05) is 19.1 Å². The number of likely N-dealkylation sites (N-methyl/N-ethyl adjacent to an activating group) is 1. The molecule has 0 bridgehead atoms. The van der Waals surface area contributed by atoms with E-state index in [2.05, 4.69) is 34.8 Å². The van der Waals surface area contributed by atoms with Gasteiger partial charge in [0.25, 0.3) is 0 Å². The van der Waals surface area contributed by atoms with Gasteiger partial charge < -0.3 is 9.80 Å². The normalized spacial score (nSPS) is 21.4. The number of aromatic nitrogens is 1. The zero-order chi connectivity index (χ0) is 13.0. The molecule has 0 radical (unpaired) electrons. The van der Waals surface area contributed by atoms with Crippen LogP contribution in [0.5, 0.6) is 0 Å². The molecule has 96 valence electrons. The molecule has 2 heterocycles. The van der Waals surface area contributed by atoms with E-state index >= 15 is 0 Å². The predicted octanol–water partition coefficient (Wildman–Crippen LogP) is 1.87. The lowest BCUT2D eigenvalue weighted by Crippen LogP contribution is -2.40. The molecule has 2 rings (SSSR count). The SMILES string of the molecule is CCC1CN(C)CCCN1c1cccc(C#N)n1. The molecule has 1 aliphatic heterocycles. The van der Waals surface area contributed by atoms with Gasteiger partial charge in [-0.2, -0.15) is 5.26 Å². The van der Waals surface area contributed by atoms with Crippen molar-refractivity contribution in [3.05, 3.63) is 23.9 Å². The van der Waals surface area contributed by atoms with Crippen LogP contribution in [0.2, 0.25) is 0 Å². The van der Waals surface area contributed by atoms with Gasteiger partial charge in [0.1, 0.15) is 17.6 Å². The minimum Gasteiger partial charge on any atom is -0.352 e. The van der Waals surface area contributed by atoms with Crippen LogP contribution < -0.4 is 4.90 Å². The van der Waals surface area contributed by atoms with Crippen LogP contribution >= 0.6 is 0 Å². The van der Waals surface area contributed by atoms with Gasteiger partial charge >= 0.3 is 0 Å². The summed E-state index contributed by atoms with van der Waals surface area (Å²) in [6.07, 6.45) is 2.24. The third kappa shape index (κ3) is 2.80. The lowest BCUT2D eigenvalue weighted by atomic mass is 10.2. The van der Waals surface area contributed by atoms with E-state index in [0.29, 0.717) is 11.7 Å². The largest absolute Gasteiger partial charge is 0.352 e. The summed E-state index contributed by atoms with van der Waals surface area (Å²) in [5.41, 5.74) is 0.500. The van der Waals surface area contributed by atoms with Crippen molar-refractivity contribution in [1.29, 1.82) is 5.26 Å². The van der Waals surface area contributed by atoms with Gasteiger partial charge in [0.2, 0.25) is 0 Å². The molecule has 1 fully saturated rings. The summed E-state index contributed by atoms with van der Waals surface area (Å²) in [4.78, 5) is 9.15. The van der Waals surface area contributed by atoms with Crippen molar-refractivity contribution in [1.82, 2.24) is 9.88 Å². The second-order valence-corrected chi connectivity index (χ2v) is 4.86. The highest BCUT2D eigenvalue weighted by molar-refractivity contribution is 5.43. The first-order chi connectivity index (χ1) is 8.74. The molecule has 4 heteroatoms. The first-order valence-corrected chi connectivity index (χ1v) is 6.57. The summed E-state index contributed by atoms with van der Waals surface area (Å²) in [6.45, 7) is 5.43. The minimum absolute atomic E-state index is 0.485. The number of anilines is 1. The van der Waals surface area contributed by atoms with Gasteiger partial charge in [-0.1, -0.05) is 13.0 Å². The fourth-order valence-corrected chi connectivity index (χ4v) is 2.54. The number of hydrogen-bond acceptors (Lipinski definition) is 4. The number of hydrogen-bond donors (Lipinski definition) is 0. The highest BCUT2D eigenvalue weighted by Gasteiger charge is 2.23. The molecule has 0 amide bonds. The van der Waals surface area contributed by atoms with E-state index in [1.54, 1.807) is 6.07 Å². The second-order valence-electron chi connectivity index (χ2n) is 4.86. The highest BCUT2D eigenvalue weighted by atomic mass is 15.3. The summed E-state index contributed by atoms with van der Waals surface area (Å²) in [6, 6.07) is 8.29. The van der Waals surface area contributed by atoms with Crippen molar-refractivity contribution in [2.45, 2.75) is 25.8 Å². The Labute approximate surface area is 109 Å². The number of nitriles is 1. The van der Waals surface area contributed by atoms with Crippen molar-refractivity contribution < 1.29 is 0 Å². The third-order valence-corrected chi connectivity index (χ3v) is 3.52. The molecule has 1 atom stereocenters. The van der Waals surface area contributed by atoms with Crippen molar-refractivity contribution in [3.8, 4) is 6.07 Å². The first kappa shape index (κ1) is 12.8. The topological polar surface area (TPSA) is 43.2 Å². The van der Waals surface area contributed by atoms with Crippen LogP contribution in [0, 0.1) is 11.3 Å². The maximum absolute atomic E-state index is 8.94. The summed E-state index contributed by atoms with van der Waals surface area (Å²) in [5.74, 6) is 0.941. The fourth-order valence-electron chi connectivity index (χ4n) is 2.54. The van der Waals surface area contributed by atoms with Gasteiger partial charge in [0.15, 0.2) is 0 Å². The molecular formula is C14H20N4.